The highest BCUT2D eigenvalue weighted by Gasteiger charge is 2.40. The minimum absolute atomic E-state index is 0.511. The van der Waals surface area contributed by atoms with E-state index >= 15 is 0 Å². The van der Waals surface area contributed by atoms with E-state index in [4.69, 9.17) is 4.74 Å². The van der Waals surface area contributed by atoms with Crippen LogP contribution in [0.3, 0.4) is 0 Å². The van der Waals surface area contributed by atoms with E-state index in [0.29, 0.717) is 6.10 Å². The second-order valence-corrected chi connectivity index (χ2v) is 6.00. The molecule has 16 heavy (non-hydrogen) atoms. The highest BCUT2D eigenvalue weighted by atomic mass is 32.1. The van der Waals surface area contributed by atoms with Gasteiger partial charge in [0.1, 0.15) is 0 Å². The number of nitrogens with zero attached hydrogens (tertiary/aromatic N) is 1. The molecule has 3 heterocycles. The van der Waals surface area contributed by atoms with E-state index in [1.54, 1.807) is 0 Å². The van der Waals surface area contributed by atoms with Crippen molar-refractivity contribution in [1.29, 1.82) is 0 Å². The molecule has 0 aliphatic carbocycles. The van der Waals surface area contributed by atoms with Gasteiger partial charge in [-0.05, 0) is 37.1 Å². The number of fused-ring (bicyclic) bond motifs is 2. The molecule has 0 N–H and O–H groups in total. The Hall–Kier alpha value is -0.380. The van der Waals surface area contributed by atoms with Crippen molar-refractivity contribution >= 4 is 11.3 Å². The number of piperidine rings is 1. The predicted octanol–water partition coefficient (Wildman–Crippen LogP) is 2.89. The van der Waals surface area contributed by atoms with Crippen molar-refractivity contribution in [2.75, 3.05) is 7.11 Å². The fourth-order valence-electron chi connectivity index (χ4n) is 3.26. The fraction of sp³-hybridized carbons (Fsp3) is 0.692. The zero-order valence-electron chi connectivity index (χ0n) is 9.76. The molecular weight excluding hydrogens is 218 g/mol. The van der Waals surface area contributed by atoms with Gasteiger partial charge >= 0.3 is 0 Å². The van der Waals surface area contributed by atoms with Gasteiger partial charge in [-0.25, -0.2) is 0 Å². The molecule has 0 aromatic carbocycles. The average molecular weight is 237 g/mol. The Morgan fingerprint density at radius 3 is 2.69 bits per heavy atom. The molecule has 2 atom stereocenters. The molecule has 2 aliphatic heterocycles. The first-order valence-electron chi connectivity index (χ1n) is 6.17. The summed E-state index contributed by atoms with van der Waals surface area (Å²) in [5.74, 6) is 0. The summed E-state index contributed by atoms with van der Waals surface area (Å²) in [6, 6.07) is 5.95. The Morgan fingerprint density at radius 1 is 1.38 bits per heavy atom. The molecule has 2 fully saturated rings. The first kappa shape index (κ1) is 10.8. The summed E-state index contributed by atoms with van der Waals surface area (Å²) in [5, 5.41) is 2.18. The van der Waals surface area contributed by atoms with Gasteiger partial charge < -0.3 is 4.74 Å². The third-order valence-electron chi connectivity index (χ3n) is 4.09. The summed E-state index contributed by atoms with van der Waals surface area (Å²) in [4.78, 5) is 4.22. The first-order chi connectivity index (χ1) is 7.86. The Balaban J connectivity index is 1.69. The summed E-state index contributed by atoms with van der Waals surface area (Å²) in [5.41, 5.74) is 0. The monoisotopic (exact) mass is 237 g/mol. The van der Waals surface area contributed by atoms with Crippen LogP contribution >= 0.6 is 11.3 Å². The lowest BCUT2D eigenvalue weighted by Crippen LogP contribution is -2.44. The van der Waals surface area contributed by atoms with Crippen molar-refractivity contribution in [3.05, 3.63) is 22.4 Å². The van der Waals surface area contributed by atoms with Crippen molar-refractivity contribution in [1.82, 2.24) is 4.90 Å². The van der Waals surface area contributed by atoms with Crippen molar-refractivity contribution < 1.29 is 4.74 Å². The molecule has 2 aliphatic rings. The number of rotatable bonds is 3. The van der Waals surface area contributed by atoms with Crippen LogP contribution in [0.4, 0.5) is 0 Å². The number of methoxy groups -OCH3 is 1. The number of ether oxygens (including phenoxy) is 1. The minimum atomic E-state index is 0.511. The fourth-order valence-corrected chi connectivity index (χ4v) is 3.97. The molecule has 3 heteroatoms. The maximum Gasteiger partial charge on any atom is 0.0601 e. The van der Waals surface area contributed by atoms with Crippen LogP contribution in [0.15, 0.2) is 17.5 Å². The van der Waals surface area contributed by atoms with Gasteiger partial charge in [-0.1, -0.05) is 6.07 Å². The number of hydrogen-bond donors (Lipinski definition) is 0. The lowest BCUT2D eigenvalue weighted by atomic mass is 9.99. The molecule has 0 spiro atoms. The predicted molar refractivity (Wildman–Crippen MR) is 66.7 cm³/mol. The zero-order valence-corrected chi connectivity index (χ0v) is 10.6. The summed E-state index contributed by atoms with van der Waals surface area (Å²) < 4.78 is 5.53. The van der Waals surface area contributed by atoms with E-state index in [-0.39, 0.29) is 0 Å². The summed E-state index contributed by atoms with van der Waals surface area (Å²) in [7, 11) is 1.86. The van der Waals surface area contributed by atoms with Gasteiger partial charge in [-0.2, -0.15) is 0 Å². The molecule has 1 aromatic heterocycles. The first-order valence-corrected chi connectivity index (χ1v) is 7.05. The van der Waals surface area contributed by atoms with Crippen LogP contribution in [-0.2, 0) is 11.3 Å². The standard InChI is InChI=1S/C13H19NOS/c1-15-12-7-10-4-5-11(8-12)14(10)9-13-3-2-6-16-13/h2-3,6,10-12H,4-5,7-9H2,1H3. The molecule has 3 rings (SSSR count). The molecule has 1 aromatic rings. The third-order valence-corrected chi connectivity index (χ3v) is 4.95. The topological polar surface area (TPSA) is 12.5 Å². The maximum absolute atomic E-state index is 5.53. The van der Waals surface area contributed by atoms with E-state index in [0.717, 1.165) is 18.6 Å². The van der Waals surface area contributed by atoms with Crippen molar-refractivity contribution in [3.63, 3.8) is 0 Å². The van der Waals surface area contributed by atoms with Gasteiger partial charge in [0.15, 0.2) is 0 Å². The van der Waals surface area contributed by atoms with Crippen LogP contribution < -0.4 is 0 Å². The molecule has 88 valence electrons. The van der Waals surface area contributed by atoms with Crippen LogP contribution in [0, 0.1) is 0 Å². The normalized spacial score (nSPS) is 34.4. The second kappa shape index (κ2) is 4.47. The molecule has 2 saturated heterocycles. The van der Waals surface area contributed by atoms with Crippen LogP contribution in [-0.4, -0.2) is 30.2 Å². The Labute approximate surface area is 101 Å². The summed E-state index contributed by atoms with van der Waals surface area (Å²) in [6.07, 6.45) is 5.72. The van der Waals surface area contributed by atoms with Crippen LogP contribution in [0.25, 0.3) is 0 Å². The largest absolute Gasteiger partial charge is 0.381 e. The van der Waals surface area contributed by atoms with E-state index in [1.165, 1.54) is 30.6 Å². The quantitative estimate of drug-likeness (QED) is 0.801. The number of thiophene rings is 1. The Morgan fingerprint density at radius 2 is 2.12 bits per heavy atom. The van der Waals surface area contributed by atoms with Gasteiger partial charge in [0, 0.05) is 30.6 Å². The van der Waals surface area contributed by atoms with E-state index in [9.17, 15) is 0 Å². The third kappa shape index (κ3) is 1.92. The lowest BCUT2D eigenvalue weighted by Gasteiger charge is -2.38. The minimum Gasteiger partial charge on any atom is -0.381 e. The summed E-state index contributed by atoms with van der Waals surface area (Å²) in [6.45, 7) is 1.16. The van der Waals surface area contributed by atoms with Crippen molar-refractivity contribution in [2.45, 2.75) is 50.4 Å². The Bertz CT molecular complexity index is 324. The average Bonchev–Trinajstić information content (AvgIpc) is 2.87. The highest BCUT2D eigenvalue weighted by molar-refractivity contribution is 7.09. The highest BCUT2D eigenvalue weighted by Crippen LogP contribution is 2.38. The smallest absolute Gasteiger partial charge is 0.0601 e. The lowest BCUT2D eigenvalue weighted by molar-refractivity contribution is 0.00290. The molecular formula is C13H19NOS. The molecule has 0 saturated carbocycles. The van der Waals surface area contributed by atoms with E-state index in [1.807, 2.05) is 18.4 Å². The van der Waals surface area contributed by atoms with Crippen LogP contribution in [0.5, 0.6) is 0 Å². The SMILES string of the molecule is COC1CC2CCC(C1)N2Cc1cccs1. The van der Waals surface area contributed by atoms with Gasteiger partial charge in [-0.15, -0.1) is 11.3 Å². The van der Waals surface area contributed by atoms with Gasteiger partial charge in [-0.3, -0.25) is 4.90 Å². The van der Waals surface area contributed by atoms with Crippen LogP contribution in [0.1, 0.15) is 30.6 Å². The molecule has 2 unspecified atom stereocenters. The van der Waals surface area contributed by atoms with Gasteiger partial charge in [0.2, 0.25) is 0 Å². The molecule has 2 bridgehead atoms. The van der Waals surface area contributed by atoms with Gasteiger partial charge in [0.25, 0.3) is 0 Å². The maximum atomic E-state index is 5.53. The molecule has 0 amide bonds. The number of hydrogen-bond acceptors (Lipinski definition) is 3. The second-order valence-electron chi connectivity index (χ2n) is 4.97. The Kier molecular flexibility index (Phi) is 3.01. The van der Waals surface area contributed by atoms with Crippen molar-refractivity contribution in [2.24, 2.45) is 0 Å². The summed E-state index contributed by atoms with van der Waals surface area (Å²) >= 11 is 1.88. The van der Waals surface area contributed by atoms with Gasteiger partial charge in [0.05, 0.1) is 6.10 Å². The van der Waals surface area contributed by atoms with Crippen LogP contribution in [0.2, 0.25) is 0 Å². The van der Waals surface area contributed by atoms with Crippen molar-refractivity contribution in [3.8, 4) is 0 Å². The molecule has 0 radical (unpaired) electrons. The zero-order chi connectivity index (χ0) is 11.0. The molecule has 2 nitrogen and oxygen atoms in total. The van der Waals surface area contributed by atoms with E-state index < -0.39 is 0 Å². The van der Waals surface area contributed by atoms with E-state index in [2.05, 4.69) is 22.4 Å².